The van der Waals surface area contributed by atoms with Crippen LogP contribution in [0.5, 0.6) is 0 Å². The summed E-state index contributed by atoms with van der Waals surface area (Å²) in [5.41, 5.74) is 6.82. The molecule has 3 nitrogen and oxygen atoms in total. The number of hydrogen-bond acceptors (Lipinski definition) is 3. The highest BCUT2D eigenvalue weighted by molar-refractivity contribution is 5.03. The zero-order chi connectivity index (χ0) is 10.4. The van der Waals surface area contributed by atoms with Gasteiger partial charge in [0.25, 0.3) is 0 Å². The average Bonchev–Trinajstić information content (AvgIpc) is 2.13. The van der Waals surface area contributed by atoms with Gasteiger partial charge in [0.05, 0.1) is 0 Å². The quantitative estimate of drug-likeness (QED) is 0.685. The second-order valence-electron chi connectivity index (χ2n) is 4.24. The molecule has 0 aliphatic carbocycles. The molecule has 0 spiro atoms. The van der Waals surface area contributed by atoms with Crippen molar-refractivity contribution in [2.24, 2.45) is 5.73 Å². The highest BCUT2D eigenvalue weighted by Crippen LogP contribution is 1.95. The standard InChI is InChI=1S/C11H19N3/c1-11(2,12)9-13-8-6-10-5-3-4-7-14-10/h3-5,7,13H,6,8-9,12H2,1-2H3. The Morgan fingerprint density at radius 3 is 2.79 bits per heavy atom. The Morgan fingerprint density at radius 2 is 2.21 bits per heavy atom. The largest absolute Gasteiger partial charge is 0.324 e. The molecule has 0 aliphatic rings. The van der Waals surface area contributed by atoms with E-state index in [9.17, 15) is 0 Å². The van der Waals surface area contributed by atoms with Crippen molar-refractivity contribution in [2.75, 3.05) is 13.1 Å². The monoisotopic (exact) mass is 193 g/mol. The van der Waals surface area contributed by atoms with Crippen LogP contribution >= 0.6 is 0 Å². The lowest BCUT2D eigenvalue weighted by Gasteiger charge is -2.18. The van der Waals surface area contributed by atoms with E-state index < -0.39 is 0 Å². The minimum absolute atomic E-state index is 0.135. The van der Waals surface area contributed by atoms with Crippen molar-refractivity contribution in [2.45, 2.75) is 25.8 Å². The first kappa shape index (κ1) is 11.1. The molecule has 1 aromatic heterocycles. The normalized spacial score (nSPS) is 11.6. The molecule has 78 valence electrons. The molecule has 0 bridgehead atoms. The molecule has 3 N–H and O–H groups in total. The molecule has 1 rings (SSSR count). The summed E-state index contributed by atoms with van der Waals surface area (Å²) < 4.78 is 0. The van der Waals surface area contributed by atoms with Gasteiger partial charge in [-0.2, -0.15) is 0 Å². The van der Waals surface area contributed by atoms with Crippen molar-refractivity contribution in [3.05, 3.63) is 30.1 Å². The van der Waals surface area contributed by atoms with Crippen LogP contribution in [0.25, 0.3) is 0 Å². The summed E-state index contributed by atoms with van der Waals surface area (Å²) in [6.07, 6.45) is 2.78. The molecular formula is C11H19N3. The molecule has 0 aliphatic heterocycles. The first-order valence-corrected chi connectivity index (χ1v) is 4.97. The third kappa shape index (κ3) is 4.94. The predicted molar refractivity (Wildman–Crippen MR) is 59.1 cm³/mol. The third-order valence-corrected chi connectivity index (χ3v) is 1.86. The lowest BCUT2D eigenvalue weighted by Crippen LogP contribution is -2.43. The smallest absolute Gasteiger partial charge is 0.0416 e. The zero-order valence-electron chi connectivity index (χ0n) is 8.96. The second kappa shape index (κ2) is 5.08. The van der Waals surface area contributed by atoms with Gasteiger partial charge in [-0.1, -0.05) is 6.07 Å². The zero-order valence-corrected chi connectivity index (χ0v) is 8.96. The summed E-state index contributed by atoms with van der Waals surface area (Å²) in [6, 6.07) is 5.98. The van der Waals surface area contributed by atoms with E-state index in [1.807, 2.05) is 38.2 Å². The molecule has 14 heavy (non-hydrogen) atoms. The fraction of sp³-hybridized carbons (Fsp3) is 0.545. The van der Waals surface area contributed by atoms with Crippen molar-refractivity contribution in [1.29, 1.82) is 0 Å². The average molecular weight is 193 g/mol. The molecule has 1 aromatic rings. The first-order valence-electron chi connectivity index (χ1n) is 4.97. The molecule has 0 saturated carbocycles. The van der Waals surface area contributed by atoms with E-state index in [1.54, 1.807) is 0 Å². The van der Waals surface area contributed by atoms with Crippen molar-refractivity contribution in [1.82, 2.24) is 10.3 Å². The van der Waals surface area contributed by atoms with Gasteiger partial charge >= 0.3 is 0 Å². The molecule has 0 atom stereocenters. The lowest BCUT2D eigenvalue weighted by atomic mass is 10.1. The molecule has 0 fully saturated rings. The molecule has 0 unspecified atom stereocenters. The number of nitrogens with zero attached hydrogens (tertiary/aromatic N) is 1. The topological polar surface area (TPSA) is 50.9 Å². The fourth-order valence-corrected chi connectivity index (χ4v) is 1.17. The van der Waals surface area contributed by atoms with Crippen LogP contribution in [-0.2, 0) is 6.42 Å². The predicted octanol–water partition coefficient (Wildman–Crippen LogP) is 0.951. The summed E-state index contributed by atoms with van der Waals surface area (Å²) >= 11 is 0. The molecule has 3 heteroatoms. The SMILES string of the molecule is CC(C)(N)CNCCc1ccccn1. The number of aromatic nitrogens is 1. The molecule has 0 saturated heterocycles. The first-order chi connectivity index (χ1) is 6.58. The summed E-state index contributed by atoms with van der Waals surface area (Å²) in [6.45, 7) is 5.79. The number of hydrogen-bond donors (Lipinski definition) is 2. The Morgan fingerprint density at radius 1 is 1.43 bits per heavy atom. The van der Waals surface area contributed by atoms with Gasteiger partial charge in [-0.05, 0) is 26.0 Å². The van der Waals surface area contributed by atoms with Gasteiger partial charge in [-0.15, -0.1) is 0 Å². The summed E-state index contributed by atoms with van der Waals surface area (Å²) in [4.78, 5) is 4.24. The van der Waals surface area contributed by atoms with E-state index in [0.29, 0.717) is 0 Å². The van der Waals surface area contributed by atoms with Crippen LogP contribution in [0.2, 0.25) is 0 Å². The molecule has 0 amide bonds. The van der Waals surface area contributed by atoms with E-state index in [2.05, 4.69) is 10.3 Å². The molecule has 0 aromatic carbocycles. The van der Waals surface area contributed by atoms with Gasteiger partial charge < -0.3 is 11.1 Å². The maximum Gasteiger partial charge on any atom is 0.0416 e. The number of nitrogens with two attached hydrogens (primary N) is 1. The van der Waals surface area contributed by atoms with E-state index >= 15 is 0 Å². The number of rotatable bonds is 5. The highest BCUT2D eigenvalue weighted by Gasteiger charge is 2.08. The number of pyridine rings is 1. The Balaban J connectivity index is 2.17. The summed E-state index contributed by atoms with van der Waals surface area (Å²) in [5.74, 6) is 0. The highest BCUT2D eigenvalue weighted by atomic mass is 14.9. The van der Waals surface area contributed by atoms with E-state index in [1.165, 1.54) is 0 Å². The fourth-order valence-electron chi connectivity index (χ4n) is 1.17. The Kier molecular flexibility index (Phi) is 4.04. The van der Waals surface area contributed by atoms with E-state index in [0.717, 1.165) is 25.2 Å². The Hall–Kier alpha value is -0.930. The summed E-state index contributed by atoms with van der Waals surface area (Å²) in [7, 11) is 0. The Labute approximate surface area is 85.7 Å². The van der Waals surface area contributed by atoms with Crippen LogP contribution in [0.3, 0.4) is 0 Å². The van der Waals surface area contributed by atoms with Crippen LogP contribution in [0.4, 0.5) is 0 Å². The maximum atomic E-state index is 5.84. The summed E-state index contributed by atoms with van der Waals surface area (Å²) in [5, 5.41) is 3.31. The van der Waals surface area contributed by atoms with Gasteiger partial charge in [-0.3, -0.25) is 4.98 Å². The maximum absolute atomic E-state index is 5.84. The molecule has 1 heterocycles. The van der Waals surface area contributed by atoms with Crippen LogP contribution in [0.15, 0.2) is 24.4 Å². The molecule has 0 radical (unpaired) electrons. The second-order valence-corrected chi connectivity index (χ2v) is 4.24. The van der Waals surface area contributed by atoms with Crippen LogP contribution < -0.4 is 11.1 Å². The minimum atomic E-state index is -0.135. The van der Waals surface area contributed by atoms with Crippen LogP contribution in [0.1, 0.15) is 19.5 Å². The van der Waals surface area contributed by atoms with Gasteiger partial charge in [0.15, 0.2) is 0 Å². The van der Waals surface area contributed by atoms with Gasteiger partial charge in [0.2, 0.25) is 0 Å². The van der Waals surface area contributed by atoms with Gasteiger partial charge in [-0.25, -0.2) is 0 Å². The van der Waals surface area contributed by atoms with Crippen LogP contribution in [0, 0.1) is 0 Å². The Bertz CT molecular complexity index is 251. The van der Waals surface area contributed by atoms with Crippen molar-refractivity contribution in [3.63, 3.8) is 0 Å². The van der Waals surface area contributed by atoms with Crippen LogP contribution in [-0.4, -0.2) is 23.6 Å². The lowest BCUT2D eigenvalue weighted by molar-refractivity contribution is 0.468. The molecular weight excluding hydrogens is 174 g/mol. The minimum Gasteiger partial charge on any atom is -0.324 e. The van der Waals surface area contributed by atoms with E-state index in [-0.39, 0.29) is 5.54 Å². The number of nitrogens with one attached hydrogen (secondary N) is 1. The van der Waals surface area contributed by atoms with Crippen molar-refractivity contribution >= 4 is 0 Å². The van der Waals surface area contributed by atoms with Crippen molar-refractivity contribution < 1.29 is 0 Å². The van der Waals surface area contributed by atoms with Crippen molar-refractivity contribution in [3.8, 4) is 0 Å². The van der Waals surface area contributed by atoms with E-state index in [4.69, 9.17) is 5.73 Å². The van der Waals surface area contributed by atoms with Gasteiger partial charge in [0.1, 0.15) is 0 Å². The third-order valence-electron chi connectivity index (χ3n) is 1.86. The van der Waals surface area contributed by atoms with Gasteiger partial charge in [0, 0.05) is 36.9 Å².